The summed E-state index contributed by atoms with van der Waals surface area (Å²) in [5.74, 6) is 2.00. The van der Waals surface area contributed by atoms with Crippen molar-refractivity contribution in [1.29, 1.82) is 0 Å². The topological polar surface area (TPSA) is 60.7 Å². The number of aliphatic hydroxyl groups excluding tert-OH is 2. The molecule has 3 rings (SSSR count). The molecule has 0 aromatic rings. The first-order valence-corrected chi connectivity index (χ1v) is 12.2. The van der Waals surface area contributed by atoms with Gasteiger partial charge in [-0.2, -0.15) is 0 Å². The molecule has 3 nitrogen and oxygen atoms in total. The molecule has 0 radical (unpaired) electrons. The van der Waals surface area contributed by atoms with Crippen LogP contribution in [-0.2, 0) is 0 Å². The molecule has 0 aliphatic heterocycles. The fourth-order valence-corrected chi connectivity index (χ4v) is 6.39. The summed E-state index contributed by atoms with van der Waals surface area (Å²) in [7, 11) is 0. The van der Waals surface area contributed by atoms with Gasteiger partial charge in [-0.25, -0.2) is 0 Å². The molecule has 3 saturated carbocycles. The number of allylic oxidation sites excluding steroid dienone is 4. The van der Waals surface area contributed by atoms with Gasteiger partial charge in [0.2, 0.25) is 0 Å². The van der Waals surface area contributed by atoms with Gasteiger partial charge in [0.15, 0.2) is 0 Å². The molecule has 3 aliphatic rings. The van der Waals surface area contributed by atoms with E-state index in [1.165, 1.54) is 37.7 Å². The third-order valence-electron chi connectivity index (χ3n) is 8.56. The Balaban J connectivity index is 1.73. The van der Waals surface area contributed by atoms with E-state index in [0.717, 1.165) is 0 Å². The van der Waals surface area contributed by atoms with Crippen LogP contribution in [0.3, 0.4) is 0 Å². The molecular formula is C27H44O3. The molecule has 3 fully saturated rings. The highest BCUT2D eigenvalue weighted by Gasteiger charge is 2.50. The highest BCUT2D eigenvalue weighted by atomic mass is 16.3. The number of fused-ring (bicyclic) bond motifs is 1. The van der Waals surface area contributed by atoms with Crippen molar-refractivity contribution in [3.05, 3.63) is 35.5 Å². The highest BCUT2D eigenvalue weighted by Crippen LogP contribution is 2.59. The van der Waals surface area contributed by atoms with Gasteiger partial charge in [-0.05, 0) is 88.4 Å². The Bertz CT molecular complexity index is 671. The molecule has 0 aromatic carbocycles. The maximum absolute atomic E-state index is 10.2. The molecule has 30 heavy (non-hydrogen) atoms. The lowest BCUT2D eigenvalue weighted by Crippen LogP contribution is -2.35. The Morgan fingerprint density at radius 1 is 1.03 bits per heavy atom. The summed E-state index contributed by atoms with van der Waals surface area (Å²) in [5, 5.41) is 30.2. The largest absolute Gasteiger partial charge is 0.393 e. The van der Waals surface area contributed by atoms with Gasteiger partial charge in [-0.1, -0.05) is 56.2 Å². The lowest BCUT2D eigenvalue weighted by molar-refractivity contribution is 0.0436. The second-order valence-corrected chi connectivity index (χ2v) is 11.3. The van der Waals surface area contributed by atoms with Gasteiger partial charge in [0, 0.05) is 5.92 Å². The maximum atomic E-state index is 10.2. The van der Waals surface area contributed by atoms with Gasteiger partial charge in [0.1, 0.15) is 0 Å². The molecule has 0 heterocycles. The molecule has 0 bridgehead atoms. The van der Waals surface area contributed by atoms with E-state index < -0.39 is 17.8 Å². The van der Waals surface area contributed by atoms with Crippen molar-refractivity contribution in [2.45, 2.75) is 104 Å². The molecule has 0 unspecified atom stereocenters. The van der Waals surface area contributed by atoms with Crippen LogP contribution < -0.4 is 0 Å². The fraction of sp³-hybridized carbons (Fsp3) is 0.778. The number of rotatable bonds is 5. The fourth-order valence-electron chi connectivity index (χ4n) is 6.39. The second kappa shape index (κ2) is 9.30. The average Bonchev–Trinajstić information content (AvgIpc) is 3.00. The predicted octanol–water partition coefficient (Wildman–Crippen LogP) is 5.56. The third kappa shape index (κ3) is 5.29. The number of hydrogen-bond donors (Lipinski definition) is 3. The van der Waals surface area contributed by atoms with Gasteiger partial charge in [-0.15, -0.1) is 0 Å². The second-order valence-electron chi connectivity index (χ2n) is 11.3. The summed E-state index contributed by atoms with van der Waals surface area (Å²) in [5.41, 5.74) is 2.43. The molecule has 3 aliphatic carbocycles. The molecule has 0 spiro atoms. The van der Waals surface area contributed by atoms with E-state index in [9.17, 15) is 15.3 Å². The van der Waals surface area contributed by atoms with E-state index in [0.29, 0.717) is 42.4 Å². The molecule has 3 heteroatoms. The monoisotopic (exact) mass is 416 g/mol. The van der Waals surface area contributed by atoms with E-state index >= 15 is 0 Å². The molecule has 0 saturated heterocycles. The van der Waals surface area contributed by atoms with Crippen molar-refractivity contribution < 1.29 is 15.3 Å². The summed E-state index contributed by atoms with van der Waals surface area (Å²) in [6.45, 7) is 10.7. The Morgan fingerprint density at radius 2 is 1.70 bits per heavy atom. The van der Waals surface area contributed by atoms with Crippen LogP contribution in [0.1, 0.15) is 86.0 Å². The summed E-state index contributed by atoms with van der Waals surface area (Å²) in [6, 6.07) is 0. The van der Waals surface area contributed by atoms with Crippen molar-refractivity contribution in [2.75, 3.05) is 0 Å². The predicted molar refractivity (Wildman–Crippen MR) is 124 cm³/mol. The zero-order chi connectivity index (χ0) is 22.1. The van der Waals surface area contributed by atoms with Gasteiger partial charge in [0.25, 0.3) is 0 Å². The maximum Gasteiger partial charge on any atom is 0.0651 e. The molecule has 0 amide bonds. The minimum atomic E-state index is -0.674. The van der Waals surface area contributed by atoms with Crippen LogP contribution in [0.5, 0.6) is 0 Å². The van der Waals surface area contributed by atoms with Crippen molar-refractivity contribution in [1.82, 2.24) is 0 Å². The van der Waals surface area contributed by atoms with Gasteiger partial charge >= 0.3 is 0 Å². The van der Waals surface area contributed by atoms with E-state index in [2.05, 4.69) is 45.1 Å². The van der Waals surface area contributed by atoms with Gasteiger partial charge in [-0.3, -0.25) is 0 Å². The van der Waals surface area contributed by atoms with Crippen LogP contribution in [0.15, 0.2) is 35.5 Å². The first-order chi connectivity index (χ1) is 14.0. The lowest BCUT2D eigenvalue weighted by Gasteiger charge is -2.44. The standard InChI is InChI=1S/C27H44O3/c1-18(8-9-19(2)26(3,4)30)24-12-13-25-21(7-6-14-27(24,25)5)11-10-20-15-22(28)17-23(29)16-20/h8-11,18-19,22-25,28-30H,6-7,12-17H2,1-5H3/b9-8+,21-11?/t18-,19+,22-,23-,24-,25+,27-/m1/s1. The Labute approximate surface area is 184 Å². The van der Waals surface area contributed by atoms with Crippen molar-refractivity contribution in [3.8, 4) is 0 Å². The minimum Gasteiger partial charge on any atom is -0.393 e. The normalized spacial score (nSPS) is 38.7. The summed E-state index contributed by atoms with van der Waals surface area (Å²) in [4.78, 5) is 0. The Hall–Kier alpha value is -0.900. The minimum absolute atomic E-state index is 0.152. The molecule has 170 valence electrons. The SMILES string of the molecule is C[C@H](/C=C/[C@H](C)C(C)(C)O)[C@H]1CC[C@H]2C(=CC=C3C[C@@H](O)C[C@H](O)C3)CCC[C@]12C. The van der Waals surface area contributed by atoms with Crippen LogP contribution in [-0.4, -0.2) is 33.1 Å². The quantitative estimate of drug-likeness (QED) is 0.514. The van der Waals surface area contributed by atoms with Crippen molar-refractivity contribution in [2.24, 2.45) is 29.1 Å². The third-order valence-corrected chi connectivity index (χ3v) is 8.56. The van der Waals surface area contributed by atoms with E-state index in [1.54, 1.807) is 5.57 Å². The number of aliphatic hydroxyl groups is 3. The van der Waals surface area contributed by atoms with Crippen LogP contribution in [0.2, 0.25) is 0 Å². The first kappa shape index (κ1) is 23.8. The highest BCUT2D eigenvalue weighted by molar-refractivity contribution is 5.26. The smallest absolute Gasteiger partial charge is 0.0651 e. The number of hydrogen-bond acceptors (Lipinski definition) is 3. The zero-order valence-corrected chi connectivity index (χ0v) is 19.8. The van der Waals surface area contributed by atoms with Crippen LogP contribution in [0.25, 0.3) is 0 Å². The van der Waals surface area contributed by atoms with E-state index in [4.69, 9.17) is 0 Å². The molecule has 3 N–H and O–H groups in total. The van der Waals surface area contributed by atoms with E-state index in [-0.39, 0.29) is 5.92 Å². The summed E-state index contributed by atoms with van der Waals surface area (Å²) < 4.78 is 0. The van der Waals surface area contributed by atoms with E-state index in [1.807, 2.05) is 13.8 Å². The zero-order valence-electron chi connectivity index (χ0n) is 19.8. The van der Waals surface area contributed by atoms with Crippen molar-refractivity contribution in [3.63, 3.8) is 0 Å². The molecular weight excluding hydrogens is 372 g/mol. The lowest BCUT2D eigenvalue weighted by atomic mass is 9.61. The first-order valence-electron chi connectivity index (χ1n) is 12.2. The average molecular weight is 417 g/mol. The summed E-state index contributed by atoms with van der Waals surface area (Å²) in [6.07, 6.45) is 16.5. The molecule has 7 atom stereocenters. The van der Waals surface area contributed by atoms with Crippen LogP contribution in [0.4, 0.5) is 0 Å². The van der Waals surface area contributed by atoms with Gasteiger partial charge < -0.3 is 15.3 Å². The van der Waals surface area contributed by atoms with Crippen LogP contribution in [0, 0.1) is 29.1 Å². The summed E-state index contributed by atoms with van der Waals surface area (Å²) >= 11 is 0. The Kier molecular flexibility index (Phi) is 7.37. The Morgan fingerprint density at radius 3 is 2.33 bits per heavy atom. The molecule has 0 aromatic heterocycles. The van der Waals surface area contributed by atoms with Gasteiger partial charge in [0.05, 0.1) is 17.8 Å². The van der Waals surface area contributed by atoms with Crippen molar-refractivity contribution >= 4 is 0 Å². The van der Waals surface area contributed by atoms with Crippen LogP contribution >= 0.6 is 0 Å².